The number of rotatable bonds is 2. The number of pyridine rings is 1. The summed E-state index contributed by atoms with van der Waals surface area (Å²) in [6, 6.07) is 8.62. The highest BCUT2D eigenvalue weighted by atomic mass is 79.9. The summed E-state index contributed by atoms with van der Waals surface area (Å²) < 4.78 is 14.0. The molecule has 1 N–H and O–H groups in total. The first-order chi connectivity index (χ1) is 7.65. The molecule has 0 spiro atoms. The number of aryl methyl sites for hydroxylation is 1. The van der Waals surface area contributed by atoms with Gasteiger partial charge in [0.15, 0.2) is 0 Å². The Morgan fingerprint density at radius 3 is 2.69 bits per heavy atom. The maximum Gasteiger partial charge on any atom is 0.130 e. The van der Waals surface area contributed by atoms with Crippen LogP contribution in [0.5, 0.6) is 0 Å². The van der Waals surface area contributed by atoms with Crippen LogP contribution >= 0.6 is 15.9 Å². The second kappa shape index (κ2) is 4.61. The smallest absolute Gasteiger partial charge is 0.130 e. The zero-order valence-corrected chi connectivity index (χ0v) is 10.3. The molecule has 2 nitrogen and oxygen atoms in total. The predicted octanol–water partition coefficient (Wildman–Crippen LogP) is 4.04. The van der Waals surface area contributed by atoms with Crippen LogP contribution in [0.2, 0.25) is 0 Å². The Labute approximate surface area is 102 Å². The minimum Gasteiger partial charge on any atom is -0.340 e. The van der Waals surface area contributed by atoms with Crippen molar-refractivity contribution in [3.8, 4) is 0 Å². The fourth-order valence-electron chi connectivity index (χ4n) is 1.32. The first kappa shape index (κ1) is 11.1. The molecule has 0 saturated heterocycles. The zero-order chi connectivity index (χ0) is 11.5. The number of nitrogens with one attached hydrogen (secondary N) is 1. The fraction of sp³-hybridized carbons (Fsp3) is 0.0833. The highest BCUT2D eigenvalue weighted by Gasteiger charge is 2.00. The first-order valence-electron chi connectivity index (χ1n) is 4.80. The average molecular weight is 281 g/mol. The van der Waals surface area contributed by atoms with Crippen LogP contribution in [0.15, 0.2) is 41.0 Å². The topological polar surface area (TPSA) is 24.9 Å². The minimum atomic E-state index is -0.200. The van der Waals surface area contributed by atoms with Crippen molar-refractivity contribution < 1.29 is 4.39 Å². The molecule has 0 radical (unpaired) electrons. The van der Waals surface area contributed by atoms with Gasteiger partial charge in [0.1, 0.15) is 11.6 Å². The third-order valence-corrected chi connectivity index (χ3v) is 2.63. The molecule has 0 saturated carbocycles. The summed E-state index contributed by atoms with van der Waals surface area (Å²) in [5.41, 5.74) is 1.44. The molecule has 16 heavy (non-hydrogen) atoms. The molecule has 1 aromatic carbocycles. The lowest BCUT2D eigenvalue weighted by Gasteiger charge is -2.06. The monoisotopic (exact) mass is 280 g/mol. The Bertz CT molecular complexity index is 497. The number of anilines is 2. The van der Waals surface area contributed by atoms with Gasteiger partial charge < -0.3 is 5.32 Å². The van der Waals surface area contributed by atoms with Crippen molar-refractivity contribution in [1.29, 1.82) is 0 Å². The molecule has 4 heteroatoms. The van der Waals surface area contributed by atoms with Crippen molar-refractivity contribution in [1.82, 2.24) is 4.98 Å². The normalized spacial score (nSPS) is 10.2. The molecule has 0 amide bonds. The van der Waals surface area contributed by atoms with Crippen molar-refractivity contribution >= 4 is 27.4 Å². The van der Waals surface area contributed by atoms with Crippen LogP contribution in [0.1, 0.15) is 5.56 Å². The van der Waals surface area contributed by atoms with E-state index in [9.17, 15) is 4.39 Å². The van der Waals surface area contributed by atoms with Crippen LogP contribution < -0.4 is 5.32 Å². The van der Waals surface area contributed by atoms with E-state index in [0.717, 1.165) is 16.0 Å². The number of hydrogen-bond acceptors (Lipinski definition) is 2. The van der Waals surface area contributed by atoms with Gasteiger partial charge in [0, 0.05) is 16.4 Å². The van der Waals surface area contributed by atoms with Gasteiger partial charge in [-0.1, -0.05) is 0 Å². The van der Waals surface area contributed by atoms with Crippen molar-refractivity contribution in [2.45, 2.75) is 6.92 Å². The van der Waals surface area contributed by atoms with Crippen LogP contribution in [-0.2, 0) is 0 Å². The van der Waals surface area contributed by atoms with Gasteiger partial charge in [0.25, 0.3) is 0 Å². The van der Waals surface area contributed by atoms with E-state index in [1.165, 1.54) is 6.07 Å². The number of benzene rings is 1. The molecule has 1 heterocycles. The number of hydrogen-bond donors (Lipinski definition) is 1. The van der Waals surface area contributed by atoms with Gasteiger partial charge in [0.05, 0.1) is 0 Å². The van der Waals surface area contributed by atoms with Crippen molar-refractivity contribution in [3.63, 3.8) is 0 Å². The first-order valence-corrected chi connectivity index (χ1v) is 5.59. The van der Waals surface area contributed by atoms with E-state index >= 15 is 0 Å². The van der Waals surface area contributed by atoms with E-state index in [1.54, 1.807) is 25.3 Å². The van der Waals surface area contributed by atoms with E-state index in [2.05, 4.69) is 26.2 Å². The molecular formula is C12H10BrFN2. The Morgan fingerprint density at radius 2 is 2.06 bits per heavy atom. The van der Waals surface area contributed by atoms with Gasteiger partial charge >= 0.3 is 0 Å². The molecule has 0 aliphatic heterocycles. The second-order valence-electron chi connectivity index (χ2n) is 3.45. The lowest BCUT2D eigenvalue weighted by Crippen LogP contribution is -1.94. The van der Waals surface area contributed by atoms with Gasteiger partial charge in [0.2, 0.25) is 0 Å². The lowest BCUT2D eigenvalue weighted by molar-refractivity contribution is 0.619. The largest absolute Gasteiger partial charge is 0.340 e. The zero-order valence-electron chi connectivity index (χ0n) is 8.67. The molecule has 0 aliphatic carbocycles. The van der Waals surface area contributed by atoms with Gasteiger partial charge in [-0.25, -0.2) is 9.37 Å². The summed E-state index contributed by atoms with van der Waals surface area (Å²) in [5.74, 6) is 0.531. The van der Waals surface area contributed by atoms with Gasteiger partial charge in [-0.2, -0.15) is 0 Å². The van der Waals surface area contributed by atoms with E-state index in [1.807, 2.05) is 12.1 Å². The minimum absolute atomic E-state index is 0.200. The highest BCUT2D eigenvalue weighted by Crippen LogP contribution is 2.18. The maximum atomic E-state index is 13.0. The number of aromatic nitrogens is 1. The third-order valence-electron chi connectivity index (χ3n) is 2.16. The van der Waals surface area contributed by atoms with Crippen LogP contribution in [-0.4, -0.2) is 4.98 Å². The van der Waals surface area contributed by atoms with Crippen molar-refractivity contribution in [2.75, 3.05) is 5.32 Å². The molecular weight excluding hydrogens is 271 g/mol. The molecule has 2 aromatic rings. The van der Waals surface area contributed by atoms with Gasteiger partial charge in [-0.3, -0.25) is 0 Å². The maximum absolute atomic E-state index is 13.0. The molecule has 0 atom stereocenters. The van der Waals surface area contributed by atoms with Gasteiger partial charge in [-0.15, -0.1) is 0 Å². The fourth-order valence-corrected chi connectivity index (χ4v) is 1.55. The Balaban J connectivity index is 2.20. The summed E-state index contributed by atoms with van der Waals surface area (Å²) in [7, 11) is 0. The van der Waals surface area contributed by atoms with Crippen LogP contribution in [0.4, 0.5) is 15.9 Å². The molecule has 1 aromatic heterocycles. The Morgan fingerprint density at radius 1 is 1.25 bits per heavy atom. The van der Waals surface area contributed by atoms with Crippen molar-refractivity contribution in [3.05, 3.63) is 52.4 Å². The molecule has 0 bridgehead atoms. The second-order valence-corrected chi connectivity index (χ2v) is 4.37. The van der Waals surface area contributed by atoms with Crippen LogP contribution in [0.3, 0.4) is 0 Å². The standard InChI is InChI=1S/C12H10BrFN2/c1-8-6-10(3-4-11(8)14)16-12-5-2-9(13)7-15-12/h2-7H,1H3,(H,15,16). The third kappa shape index (κ3) is 2.58. The van der Waals surface area contributed by atoms with Crippen LogP contribution in [0, 0.1) is 12.7 Å². The average Bonchev–Trinajstić information content (AvgIpc) is 2.27. The number of halogens is 2. The summed E-state index contributed by atoms with van der Waals surface area (Å²) in [6.45, 7) is 1.73. The molecule has 82 valence electrons. The summed E-state index contributed by atoms with van der Waals surface area (Å²) in [5, 5.41) is 3.10. The predicted molar refractivity (Wildman–Crippen MR) is 66.4 cm³/mol. The Hall–Kier alpha value is -1.42. The lowest BCUT2D eigenvalue weighted by atomic mass is 10.2. The van der Waals surface area contributed by atoms with Gasteiger partial charge in [-0.05, 0) is 58.7 Å². The highest BCUT2D eigenvalue weighted by molar-refractivity contribution is 9.10. The Kier molecular flexibility index (Phi) is 3.19. The summed E-state index contributed by atoms with van der Waals surface area (Å²) in [6.07, 6.45) is 1.71. The molecule has 0 unspecified atom stereocenters. The molecule has 0 aliphatic rings. The van der Waals surface area contributed by atoms with E-state index in [0.29, 0.717) is 5.56 Å². The van der Waals surface area contributed by atoms with Crippen LogP contribution in [0.25, 0.3) is 0 Å². The molecule has 0 fully saturated rings. The number of nitrogens with zero attached hydrogens (tertiary/aromatic N) is 1. The van der Waals surface area contributed by atoms with Crippen molar-refractivity contribution in [2.24, 2.45) is 0 Å². The van der Waals surface area contributed by atoms with E-state index in [4.69, 9.17) is 0 Å². The van der Waals surface area contributed by atoms with E-state index < -0.39 is 0 Å². The van der Waals surface area contributed by atoms with E-state index in [-0.39, 0.29) is 5.82 Å². The summed E-state index contributed by atoms with van der Waals surface area (Å²) >= 11 is 3.31. The molecule has 2 rings (SSSR count). The summed E-state index contributed by atoms with van der Waals surface area (Å²) in [4.78, 5) is 4.17. The quantitative estimate of drug-likeness (QED) is 0.898. The SMILES string of the molecule is Cc1cc(Nc2ccc(Br)cn2)ccc1F.